The Balaban J connectivity index is 2.18. The first-order valence-electron chi connectivity index (χ1n) is 5.10. The van der Waals surface area contributed by atoms with Gasteiger partial charge in [0.2, 0.25) is 5.95 Å². The van der Waals surface area contributed by atoms with Crippen LogP contribution in [0.3, 0.4) is 0 Å². The second-order valence-electron chi connectivity index (χ2n) is 3.92. The molecule has 1 aliphatic heterocycles. The first-order chi connectivity index (χ1) is 6.77. The molecule has 0 amide bonds. The standard InChI is InChI=1S/C11H15FN2/c1-8-5-10(7-14-11(8)12)9-3-2-4-13-6-9/h5,7,9,13H,2-4,6H2,1H3/t9-/m0/s1. The summed E-state index contributed by atoms with van der Waals surface area (Å²) in [5, 5.41) is 3.35. The van der Waals surface area contributed by atoms with Gasteiger partial charge in [0.05, 0.1) is 0 Å². The van der Waals surface area contributed by atoms with Crippen LogP contribution in [0.5, 0.6) is 0 Å². The summed E-state index contributed by atoms with van der Waals surface area (Å²) in [7, 11) is 0. The summed E-state index contributed by atoms with van der Waals surface area (Å²) in [6.45, 7) is 3.86. The van der Waals surface area contributed by atoms with Crippen molar-refractivity contribution in [3.63, 3.8) is 0 Å². The van der Waals surface area contributed by atoms with Gasteiger partial charge in [0.15, 0.2) is 0 Å². The van der Waals surface area contributed by atoms with Gasteiger partial charge in [-0.05, 0) is 43.9 Å². The maximum atomic E-state index is 12.9. The third-order valence-electron chi connectivity index (χ3n) is 2.80. The molecule has 76 valence electrons. The molecule has 0 radical (unpaired) electrons. The molecule has 1 N–H and O–H groups in total. The highest BCUT2D eigenvalue weighted by molar-refractivity contribution is 5.22. The Kier molecular flexibility index (Phi) is 2.77. The molecule has 0 spiro atoms. The lowest BCUT2D eigenvalue weighted by atomic mass is 9.92. The molecule has 0 saturated carbocycles. The van der Waals surface area contributed by atoms with Gasteiger partial charge in [-0.2, -0.15) is 4.39 Å². The molecule has 1 saturated heterocycles. The summed E-state index contributed by atoms with van der Waals surface area (Å²) >= 11 is 0. The second kappa shape index (κ2) is 4.05. The van der Waals surface area contributed by atoms with E-state index in [0.29, 0.717) is 11.5 Å². The molecule has 1 atom stereocenters. The van der Waals surface area contributed by atoms with E-state index in [-0.39, 0.29) is 5.95 Å². The predicted molar refractivity (Wildman–Crippen MR) is 53.8 cm³/mol. The van der Waals surface area contributed by atoms with Gasteiger partial charge in [-0.3, -0.25) is 0 Å². The lowest BCUT2D eigenvalue weighted by Gasteiger charge is -2.22. The molecule has 0 bridgehead atoms. The van der Waals surface area contributed by atoms with Gasteiger partial charge in [0.25, 0.3) is 0 Å². The van der Waals surface area contributed by atoms with Crippen LogP contribution in [0.2, 0.25) is 0 Å². The Morgan fingerprint density at radius 2 is 2.43 bits per heavy atom. The SMILES string of the molecule is Cc1cc([C@H]2CCCNC2)cnc1F. The van der Waals surface area contributed by atoms with Crippen molar-refractivity contribution in [2.45, 2.75) is 25.7 Å². The number of halogens is 1. The van der Waals surface area contributed by atoms with Gasteiger partial charge >= 0.3 is 0 Å². The van der Waals surface area contributed by atoms with Gasteiger partial charge in [-0.1, -0.05) is 0 Å². The van der Waals surface area contributed by atoms with E-state index in [1.54, 1.807) is 13.1 Å². The normalized spacial score (nSPS) is 22.3. The number of piperidine rings is 1. The van der Waals surface area contributed by atoms with Gasteiger partial charge < -0.3 is 5.32 Å². The quantitative estimate of drug-likeness (QED) is 0.692. The van der Waals surface area contributed by atoms with E-state index in [0.717, 1.165) is 18.7 Å². The number of rotatable bonds is 1. The third kappa shape index (κ3) is 1.93. The lowest BCUT2D eigenvalue weighted by Crippen LogP contribution is -2.28. The maximum Gasteiger partial charge on any atom is 0.215 e. The number of hydrogen-bond donors (Lipinski definition) is 1. The van der Waals surface area contributed by atoms with E-state index in [4.69, 9.17) is 0 Å². The molecule has 2 nitrogen and oxygen atoms in total. The van der Waals surface area contributed by atoms with Crippen molar-refractivity contribution < 1.29 is 4.39 Å². The zero-order valence-electron chi connectivity index (χ0n) is 8.39. The molecule has 3 heteroatoms. The second-order valence-corrected chi connectivity index (χ2v) is 3.92. The summed E-state index contributed by atoms with van der Waals surface area (Å²) in [5.41, 5.74) is 1.81. The minimum absolute atomic E-state index is 0.350. The van der Waals surface area contributed by atoms with Crippen LogP contribution in [0, 0.1) is 12.9 Å². The van der Waals surface area contributed by atoms with Gasteiger partial charge in [0.1, 0.15) is 0 Å². The Hall–Kier alpha value is -0.960. The van der Waals surface area contributed by atoms with E-state index in [2.05, 4.69) is 10.3 Å². The Morgan fingerprint density at radius 3 is 3.07 bits per heavy atom. The molecule has 1 aromatic rings. The van der Waals surface area contributed by atoms with Crippen molar-refractivity contribution >= 4 is 0 Å². The van der Waals surface area contributed by atoms with E-state index < -0.39 is 0 Å². The van der Waals surface area contributed by atoms with Crippen molar-refractivity contribution in [3.8, 4) is 0 Å². The summed E-state index contributed by atoms with van der Waals surface area (Å²) < 4.78 is 12.9. The largest absolute Gasteiger partial charge is 0.316 e. The highest BCUT2D eigenvalue weighted by Crippen LogP contribution is 2.23. The number of aryl methyl sites for hydroxylation is 1. The lowest BCUT2D eigenvalue weighted by molar-refractivity contribution is 0.458. The Bertz CT molecular complexity index is 319. The average Bonchev–Trinajstić information content (AvgIpc) is 2.23. The molecule has 0 aliphatic carbocycles. The van der Waals surface area contributed by atoms with Crippen LogP contribution in [0.4, 0.5) is 4.39 Å². The fourth-order valence-corrected chi connectivity index (χ4v) is 1.94. The summed E-state index contributed by atoms with van der Waals surface area (Å²) in [4.78, 5) is 3.76. The molecule has 2 heterocycles. The molecule has 2 rings (SSSR count). The fraction of sp³-hybridized carbons (Fsp3) is 0.545. The zero-order valence-corrected chi connectivity index (χ0v) is 8.39. The van der Waals surface area contributed by atoms with Crippen molar-refractivity contribution in [1.29, 1.82) is 0 Å². The van der Waals surface area contributed by atoms with Crippen molar-refractivity contribution in [2.75, 3.05) is 13.1 Å². The van der Waals surface area contributed by atoms with Crippen molar-refractivity contribution in [2.24, 2.45) is 0 Å². The van der Waals surface area contributed by atoms with Crippen LogP contribution < -0.4 is 5.32 Å². The highest BCUT2D eigenvalue weighted by Gasteiger charge is 2.16. The smallest absolute Gasteiger partial charge is 0.215 e. The first kappa shape index (κ1) is 9.59. The molecule has 0 unspecified atom stereocenters. The Labute approximate surface area is 83.6 Å². The number of pyridine rings is 1. The van der Waals surface area contributed by atoms with Gasteiger partial charge in [-0.25, -0.2) is 4.98 Å². The third-order valence-corrected chi connectivity index (χ3v) is 2.80. The first-order valence-corrected chi connectivity index (χ1v) is 5.10. The van der Waals surface area contributed by atoms with Crippen LogP contribution in [0.25, 0.3) is 0 Å². The van der Waals surface area contributed by atoms with E-state index in [1.807, 2.05) is 6.07 Å². The number of nitrogens with one attached hydrogen (secondary N) is 1. The molecule has 14 heavy (non-hydrogen) atoms. The van der Waals surface area contributed by atoms with E-state index in [9.17, 15) is 4.39 Å². The van der Waals surface area contributed by atoms with Crippen LogP contribution in [-0.4, -0.2) is 18.1 Å². The van der Waals surface area contributed by atoms with Crippen LogP contribution >= 0.6 is 0 Å². The van der Waals surface area contributed by atoms with Gasteiger partial charge in [-0.15, -0.1) is 0 Å². The molecule has 0 aromatic carbocycles. The zero-order chi connectivity index (χ0) is 9.97. The molecular formula is C11H15FN2. The van der Waals surface area contributed by atoms with Crippen LogP contribution in [0.1, 0.15) is 29.9 Å². The Morgan fingerprint density at radius 1 is 1.57 bits per heavy atom. The van der Waals surface area contributed by atoms with Crippen LogP contribution in [0.15, 0.2) is 12.3 Å². The minimum atomic E-state index is -0.350. The average molecular weight is 194 g/mol. The topological polar surface area (TPSA) is 24.9 Å². The fourth-order valence-electron chi connectivity index (χ4n) is 1.94. The molecular weight excluding hydrogens is 179 g/mol. The summed E-state index contributed by atoms with van der Waals surface area (Å²) in [6.07, 6.45) is 4.04. The summed E-state index contributed by atoms with van der Waals surface area (Å²) in [5.74, 6) is 0.160. The number of nitrogens with zero attached hydrogens (tertiary/aromatic N) is 1. The maximum absolute atomic E-state index is 12.9. The molecule has 1 aromatic heterocycles. The highest BCUT2D eigenvalue weighted by atomic mass is 19.1. The molecule has 1 aliphatic rings. The van der Waals surface area contributed by atoms with E-state index >= 15 is 0 Å². The van der Waals surface area contributed by atoms with Crippen LogP contribution in [-0.2, 0) is 0 Å². The summed E-state index contributed by atoms with van der Waals surface area (Å²) in [6, 6.07) is 1.92. The number of aromatic nitrogens is 1. The predicted octanol–water partition coefficient (Wildman–Crippen LogP) is 2.00. The monoisotopic (exact) mass is 194 g/mol. The van der Waals surface area contributed by atoms with Crippen molar-refractivity contribution in [1.82, 2.24) is 10.3 Å². The van der Waals surface area contributed by atoms with Gasteiger partial charge in [0, 0.05) is 18.3 Å². The van der Waals surface area contributed by atoms with E-state index in [1.165, 1.54) is 12.8 Å². The molecule has 1 fully saturated rings. The number of hydrogen-bond acceptors (Lipinski definition) is 2. The van der Waals surface area contributed by atoms with Crippen molar-refractivity contribution in [3.05, 3.63) is 29.3 Å². The minimum Gasteiger partial charge on any atom is -0.316 e.